The van der Waals surface area contributed by atoms with Crippen molar-refractivity contribution >= 4 is 5.78 Å². The predicted molar refractivity (Wildman–Crippen MR) is 41.6 cm³/mol. The molecule has 12 heavy (non-hydrogen) atoms. The van der Waals surface area contributed by atoms with E-state index in [2.05, 4.69) is 0 Å². The summed E-state index contributed by atoms with van der Waals surface area (Å²) < 4.78 is 10.4. The quantitative estimate of drug-likeness (QED) is 0.612. The zero-order valence-electron chi connectivity index (χ0n) is 7.53. The number of carbonyl (C=O) groups is 1. The molecule has 1 saturated heterocycles. The number of carbonyl (C=O) groups excluding carboxylic acids is 1. The van der Waals surface area contributed by atoms with Crippen LogP contribution in [0.3, 0.4) is 0 Å². The van der Waals surface area contributed by atoms with Crippen molar-refractivity contribution < 1.29 is 19.4 Å². The summed E-state index contributed by atoms with van der Waals surface area (Å²) >= 11 is 0. The molecule has 1 rings (SSSR count). The minimum atomic E-state index is -0.837. The van der Waals surface area contributed by atoms with Gasteiger partial charge in [-0.1, -0.05) is 0 Å². The Bertz CT molecular complexity index is 187. The van der Waals surface area contributed by atoms with Gasteiger partial charge in [-0.3, -0.25) is 4.79 Å². The first-order valence-electron chi connectivity index (χ1n) is 3.93. The second kappa shape index (κ2) is 3.12. The molecule has 0 saturated carbocycles. The van der Waals surface area contributed by atoms with E-state index in [4.69, 9.17) is 9.47 Å². The van der Waals surface area contributed by atoms with E-state index in [9.17, 15) is 9.90 Å². The highest BCUT2D eigenvalue weighted by Gasteiger charge is 2.37. The number of ketones is 1. The van der Waals surface area contributed by atoms with Gasteiger partial charge in [0.25, 0.3) is 0 Å². The summed E-state index contributed by atoms with van der Waals surface area (Å²) in [5.74, 6) is -0.936. The lowest BCUT2D eigenvalue weighted by atomic mass is 10.1. The second-order valence-electron chi connectivity index (χ2n) is 3.43. The minimum Gasteiger partial charge on any atom is -0.388 e. The van der Waals surface area contributed by atoms with Crippen molar-refractivity contribution in [2.75, 3.05) is 6.61 Å². The zero-order valence-corrected chi connectivity index (χ0v) is 7.53. The molecule has 0 bridgehead atoms. The Balaban J connectivity index is 2.66. The van der Waals surface area contributed by atoms with Gasteiger partial charge in [0.15, 0.2) is 11.6 Å². The first kappa shape index (κ1) is 9.64. The van der Waals surface area contributed by atoms with Crippen LogP contribution in [0.5, 0.6) is 0 Å². The summed E-state index contributed by atoms with van der Waals surface area (Å²) in [4.78, 5) is 11.0. The molecule has 0 aliphatic carbocycles. The topological polar surface area (TPSA) is 55.8 Å². The predicted octanol–water partition coefficient (Wildman–Crippen LogP) is 0.0878. The molecule has 1 aliphatic heterocycles. The Hall–Kier alpha value is -0.450. The van der Waals surface area contributed by atoms with Gasteiger partial charge in [-0.25, -0.2) is 0 Å². The summed E-state index contributed by atoms with van der Waals surface area (Å²) in [7, 11) is 0. The van der Waals surface area contributed by atoms with E-state index in [1.54, 1.807) is 13.8 Å². The summed E-state index contributed by atoms with van der Waals surface area (Å²) in [6, 6.07) is 0. The standard InChI is InChI=1S/C8H14O4/c1-5(9)7-6(10)4-11-8(2,3)12-7/h6-7,10H,4H2,1-3H3/t6-,7+/m1/s1. The van der Waals surface area contributed by atoms with Crippen LogP contribution in [0.4, 0.5) is 0 Å². The molecule has 1 aliphatic rings. The largest absolute Gasteiger partial charge is 0.388 e. The first-order chi connectivity index (χ1) is 5.42. The third kappa shape index (κ3) is 2.03. The summed E-state index contributed by atoms with van der Waals surface area (Å²) in [5, 5.41) is 9.30. The van der Waals surface area contributed by atoms with Gasteiger partial charge >= 0.3 is 0 Å². The number of rotatable bonds is 1. The number of hydrogen-bond donors (Lipinski definition) is 1. The van der Waals surface area contributed by atoms with E-state index in [1.165, 1.54) is 6.92 Å². The van der Waals surface area contributed by atoms with Crippen LogP contribution in [0.15, 0.2) is 0 Å². The second-order valence-corrected chi connectivity index (χ2v) is 3.43. The van der Waals surface area contributed by atoms with Crippen molar-refractivity contribution in [3.05, 3.63) is 0 Å². The van der Waals surface area contributed by atoms with Gasteiger partial charge in [0.1, 0.15) is 12.2 Å². The lowest BCUT2D eigenvalue weighted by molar-refractivity contribution is -0.295. The van der Waals surface area contributed by atoms with Crippen LogP contribution in [0.2, 0.25) is 0 Å². The molecule has 4 nitrogen and oxygen atoms in total. The highest BCUT2D eigenvalue weighted by molar-refractivity contribution is 5.81. The molecule has 70 valence electrons. The Morgan fingerprint density at radius 1 is 1.58 bits per heavy atom. The van der Waals surface area contributed by atoms with Crippen LogP contribution in [0, 0.1) is 0 Å². The van der Waals surface area contributed by atoms with E-state index in [-0.39, 0.29) is 12.4 Å². The Kier molecular flexibility index (Phi) is 2.51. The van der Waals surface area contributed by atoms with Crippen LogP contribution in [0.25, 0.3) is 0 Å². The van der Waals surface area contributed by atoms with Gasteiger partial charge < -0.3 is 14.6 Å². The highest BCUT2D eigenvalue weighted by atomic mass is 16.7. The monoisotopic (exact) mass is 174 g/mol. The number of aliphatic hydroxyl groups is 1. The Morgan fingerprint density at radius 3 is 2.58 bits per heavy atom. The molecule has 0 unspecified atom stereocenters. The molecule has 2 atom stereocenters. The smallest absolute Gasteiger partial charge is 0.163 e. The zero-order chi connectivity index (χ0) is 9.35. The van der Waals surface area contributed by atoms with Crippen molar-refractivity contribution in [2.45, 2.75) is 38.8 Å². The number of aliphatic hydroxyl groups excluding tert-OH is 1. The van der Waals surface area contributed by atoms with Crippen LogP contribution >= 0.6 is 0 Å². The molecule has 1 N–H and O–H groups in total. The molecule has 1 fully saturated rings. The average Bonchev–Trinajstić information content (AvgIpc) is 1.94. The van der Waals surface area contributed by atoms with E-state index < -0.39 is 18.0 Å². The van der Waals surface area contributed by atoms with Crippen LogP contribution in [0.1, 0.15) is 20.8 Å². The summed E-state index contributed by atoms with van der Waals surface area (Å²) in [5.41, 5.74) is 0. The minimum absolute atomic E-state index is 0.150. The van der Waals surface area contributed by atoms with Crippen molar-refractivity contribution in [2.24, 2.45) is 0 Å². The SMILES string of the molecule is CC(=O)[C@@H]1OC(C)(C)OC[C@H]1O. The number of hydrogen-bond acceptors (Lipinski definition) is 4. The molecule has 1 heterocycles. The number of ether oxygens (including phenoxy) is 2. The van der Waals surface area contributed by atoms with Crippen LogP contribution in [-0.4, -0.2) is 35.5 Å². The Labute approximate surface area is 71.5 Å². The normalized spacial score (nSPS) is 34.7. The number of Topliss-reactive ketones (excluding diaryl/α,β-unsaturated/α-hetero) is 1. The lowest BCUT2D eigenvalue weighted by Gasteiger charge is -2.37. The Morgan fingerprint density at radius 2 is 2.17 bits per heavy atom. The average molecular weight is 174 g/mol. The summed E-state index contributed by atoms with van der Waals surface area (Å²) in [6.07, 6.45) is -1.58. The molecule has 0 radical (unpaired) electrons. The third-order valence-corrected chi connectivity index (χ3v) is 1.76. The van der Waals surface area contributed by atoms with Gasteiger partial charge in [0, 0.05) is 0 Å². The maximum atomic E-state index is 11.0. The lowest BCUT2D eigenvalue weighted by Crippen LogP contribution is -2.51. The highest BCUT2D eigenvalue weighted by Crippen LogP contribution is 2.22. The fourth-order valence-corrected chi connectivity index (χ4v) is 1.15. The van der Waals surface area contributed by atoms with E-state index >= 15 is 0 Å². The molecular weight excluding hydrogens is 160 g/mol. The van der Waals surface area contributed by atoms with Gasteiger partial charge in [-0.15, -0.1) is 0 Å². The fraction of sp³-hybridized carbons (Fsp3) is 0.875. The van der Waals surface area contributed by atoms with Crippen molar-refractivity contribution in [1.29, 1.82) is 0 Å². The van der Waals surface area contributed by atoms with Gasteiger partial charge in [-0.05, 0) is 20.8 Å². The van der Waals surface area contributed by atoms with E-state index in [0.29, 0.717) is 0 Å². The molecule has 0 aromatic rings. The van der Waals surface area contributed by atoms with Crippen molar-refractivity contribution in [3.8, 4) is 0 Å². The van der Waals surface area contributed by atoms with Crippen molar-refractivity contribution in [3.63, 3.8) is 0 Å². The molecule has 0 aromatic heterocycles. The summed E-state index contributed by atoms with van der Waals surface area (Å²) in [6.45, 7) is 4.98. The molecule has 0 aromatic carbocycles. The maximum absolute atomic E-state index is 11.0. The van der Waals surface area contributed by atoms with E-state index in [1.807, 2.05) is 0 Å². The molecule has 4 heteroatoms. The molecular formula is C8H14O4. The van der Waals surface area contributed by atoms with Crippen LogP contribution < -0.4 is 0 Å². The maximum Gasteiger partial charge on any atom is 0.163 e. The fourth-order valence-electron chi connectivity index (χ4n) is 1.15. The first-order valence-corrected chi connectivity index (χ1v) is 3.93. The van der Waals surface area contributed by atoms with Crippen LogP contribution in [-0.2, 0) is 14.3 Å². The van der Waals surface area contributed by atoms with Gasteiger partial charge in [0.2, 0.25) is 0 Å². The van der Waals surface area contributed by atoms with E-state index in [0.717, 1.165) is 0 Å². The van der Waals surface area contributed by atoms with Gasteiger partial charge in [-0.2, -0.15) is 0 Å². The van der Waals surface area contributed by atoms with Gasteiger partial charge in [0.05, 0.1) is 6.61 Å². The molecule has 0 spiro atoms. The van der Waals surface area contributed by atoms with Crippen molar-refractivity contribution in [1.82, 2.24) is 0 Å². The molecule has 0 amide bonds. The third-order valence-electron chi connectivity index (χ3n) is 1.76.